The van der Waals surface area contributed by atoms with Crippen LogP contribution in [0.3, 0.4) is 0 Å². The third kappa shape index (κ3) is 2.48. The number of aromatic nitrogens is 1. The first-order valence-corrected chi connectivity index (χ1v) is 6.26. The molecule has 0 amide bonds. The number of allylic oxidation sites excluding steroid dienone is 4. The van der Waals surface area contributed by atoms with Crippen molar-refractivity contribution in [3.05, 3.63) is 83.4 Å². The van der Waals surface area contributed by atoms with E-state index >= 15 is 0 Å². The zero-order valence-corrected chi connectivity index (χ0v) is 10.7. The van der Waals surface area contributed by atoms with E-state index in [1.54, 1.807) is 0 Å². The third-order valence-electron chi connectivity index (χ3n) is 2.96. The van der Waals surface area contributed by atoms with Gasteiger partial charge in [-0.3, -0.25) is 0 Å². The molecule has 0 saturated carbocycles. The van der Waals surface area contributed by atoms with Crippen LogP contribution in [0.2, 0.25) is 0 Å². The van der Waals surface area contributed by atoms with Gasteiger partial charge in [0.15, 0.2) is 0 Å². The number of aryl methyl sites for hydroxylation is 1. The Morgan fingerprint density at radius 2 is 1.79 bits per heavy atom. The molecule has 1 heteroatoms. The Kier molecular flexibility index (Phi) is 3.00. The maximum Gasteiger partial charge on any atom is 0.0796 e. The highest BCUT2D eigenvalue weighted by Gasteiger charge is 2.06. The topological polar surface area (TPSA) is 12.9 Å². The van der Waals surface area contributed by atoms with Crippen molar-refractivity contribution < 1.29 is 0 Å². The first kappa shape index (κ1) is 11.5. The molecule has 0 fully saturated rings. The van der Waals surface area contributed by atoms with Crippen LogP contribution >= 0.6 is 0 Å². The molecule has 90 valence electrons. The summed E-state index contributed by atoms with van der Waals surface area (Å²) in [6, 6.07) is 14.4. The monoisotopic (exact) mass is 243 g/mol. The van der Waals surface area contributed by atoms with Crippen molar-refractivity contribution in [2.75, 3.05) is 0 Å². The van der Waals surface area contributed by atoms with Crippen molar-refractivity contribution >= 4 is 5.57 Å². The van der Waals surface area contributed by atoms with Gasteiger partial charge in [-0.05, 0) is 36.8 Å². The Labute approximate surface area is 112 Å². The van der Waals surface area contributed by atoms with E-state index in [9.17, 15) is 0 Å². The van der Waals surface area contributed by atoms with Crippen LogP contribution in [0.25, 0.3) is 16.8 Å². The smallest absolute Gasteiger partial charge is 0.0796 e. The second-order valence-corrected chi connectivity index (χ2v) is 4.49. The minimum atomic E-state index is 0.940. The Hall–Kier alpha value is -2.59. The van der Waals surface area contributed by atoms with E-state index in [0.29, 0.717) is 0 Å². The number of rotatable bonds is 2. The van der Waals surface area contributed by atoms with Crippen LogP contribution in [0, 0.1) is 6.92 Å². The normalized spacial score (nSPS) is 12.6. The molecule has 0 radical (unpaired) electrons. The zero-order valence-electron chi connectivity index (χ0n) is 10.7. The fraction of sp³-hybridized carbons (Fsp3) is 0.0556. The molecular weight excluding hydrogens is 230 g/mol. The number of hydrogen-bond donors (Lipinski definition) is 0. The second-order valence-electron chi connectivity index (χ2n) is 4.49. The highest BCUT2D eigenvalue weighted by Crippen LogP contribution is 2.22. The maximum atomic E-state index is 4.72. The van der Waals surface area contributed by atoms with Gasteiger partial charge in [-0.15, -0.1) is 0 Å². The van der Waals surface area contributed by atoms with Gasteiger partial charge in [0.1, 0.15) is 0 Å². The van der Waals surface area contributed by atoms with Crippen molar-refractivity contribution in [3.8, 4) is 11.3 Å². The van der Waals surface area contributed by atoms with E-state index in [0.717, 1.165) is 22.5 Å². The van der Waals surface area contributed by atoms with Crippen LogP contribution in [0.4, 0.5) is 0 Å². The molecule has 0 saturated heterocycles. The summed E-state index contributed by atoms with van der Waals surface area (Å²) < 4.78 is 0. The van der Waals surface area contributed by atoms with Crippen LogP contribution < -0.4 is 0 Å². The van der Waals surface area contributed by atoms with Crippen molar-refractivity contribution in [1.29, 1.82) is 0 Å². The van der Waals surface area contributed by atoms with Gasteiger partial charge in [-0.25, -0.2) is 4.98 Å². The highest BCUT2D eigenvalue weighted by molar-refractivity contribution is 5.74. The minimum Gasteiger partial charge on any atom is -0.247 e. The van der Waals surface area contributed by atoms with Crippen LogP contribution in [-0.2, 0) is 0 Å². The summed E-state index contributed by atoms with van der Waals surface area (Å²) in [6.07, 6.45) is 5.81. The molecule has 0 aliphatic heterocycles. The molecular formula is C18H13N. The number of nitrogens with zero attached hydrogens (tertiary/aromatic N) is 1. The number of hydrogen-bond acceptors (Lipinski definition) is 1. The first-order valence-electron chi connectivity index (χ1n) is 6.26. The van der Waals surface area contributed by atoms with Gasteiger partial charge in [0.2, 0.25) is 0 Å². The van der Waals surface area contributed by atoms with Crippen LogP contribution in [0.5, 0.6) is 0 Å². The Balaban J connectivity index is 2.14. The van der Waals surface area contributed by atoms with Gasteiger partial charge < -0.3 is 0 Å². The molecule has 3 rings (SSSR count). The lowest BCUT2D eigenvalue weighted by atomic mass is 10.1. The summed E-state index contributed by atoms with van der Waals surface area (Å²) in [5.41, 5.74) is 11.3. The first-order chi connectivity index (χ1) is 9.33. The molecule has 0 atom stereocenters. The predicted molar refractivity (Wildman–Crippen MR) is 78.6 cm³/mol. The van der Waals surface area contributed by atoms with Gasteiger partial charge in [0.05, 0.1) is 17.0 Å². The molecule has 1 heterocycles. The van der Waals surface area contributed by atoms with Gasteiger partial charge in [0.25, 0.3) is 0 Å². The number of pyridine rings is 1. The quantitative estimate of drug-likeness (QED) is 0.716. The second kappa shape index (κ2) is 4.96. The Morgan fingerprint density at radius 3 is 2.53 bits per heavy atom. The van der Waals surface area contributed by atoms with E-state index in [-0.39, 0.29) is 0 Å². The van der Waals surface area contributed by atoms with Crippen LogP contribution in [0.1, 0.15) is 11.3 Å². The largest absolute Gasteiger partial charge is 0.247 e. The van der Waals surface area contributed by atoms with Crippen molar-refractivity contribution in [1.82, 2.24) is 4.98 Å². The lowest BCUT2D eigenvalue weighted by Crippen LogP contribution is -1.92. The van der Waals surface area contributed by atoms with Crippen LogP contribution in [-0.4, -0.2) is 4.98 Å². The van der Waals surface area contributed by atoms with E-state index in [2.05, 4.69) is 42.7 Å². The average Bonchev–Trinajstić information content (AvgIpc) is 2.48. The average molecular weight is 243 g/mol. The highest BCUT2D eigenvalue weighted by atomic mass is 14.7. The van der Waals surface area contributed by atoms with Gasteiger partial charge >= 0.3 is 0 Å². The van der Waals surface area contributed by atoms with Gasteiger partial charge in [0, 0.05) is 5.56 Å². The molecule has 1 aromatic carbocycles. The van der Waals surface area contributed by atoms with E-state index in [4.69, 9.17) is 4.98 Å². The van der Waals surface area contributed by atoms with E-state index in [1.165, 1.54) is 5.56 Å². The minimum absolute atomic E-state index is 0.940. The lowest BCUT2D eigenvalue weighted by Gasteiger charge is -2.07. The van der Waals surface area contributed by atoms with Crippen molar-refractivity contribution in [3.63, 3.8) is 0 Å². The summed E-state index contributed by atoms with van der Waals surface area (Å²) in [7, 11) is 0. The molecule has 0 N–H and O–H groups in total. The Bertz CT molecular complexity index is 739. The molecule has 19 heavy (non-hydrogen) atoms. The fourth-order valence-electron chi connectivity index (χ4n) is 2.07. The molecule has 0 spiro atoms. The molecule has 0 bridgehead atoms. The van der Waals surface area contributed by atoms with Gasteiger partial charge in [-0.1, -0.05) is 47.9 Å². The molecule has 1 aromatic heterocycles. The summed E-state index contributed by atoms with van der Waals surface area (Å²) in [5, 5.41) is 0. The maximum absolute atomic E-state index is 4.72. The summed E-state index contributed by atoms with van der Waals surface area (Å²) in [4.78, 5) is 4.72. The molecule has 1 nitrogen and oxygen atoms in total. The summed E-state index contributed by atoms with van der Waals surface area (Å²) in [6.45, 7) is 2.09. The van der Waals surface area contributed by atoms with Gasteiger partial charge in [-0.2, -0.15) is 0 Å². The van der Waals surface area contributed by atoms with Crippen molar-refractivity contribution in [2.24, 2.45) is 0 Å². The lowest BCUT2D eigenvalue weighted by molar-refractivity contribution is 1.25. The van der Waals surface area contributed by atoms with Crippen molar-refractivity contribution in [2.45, 2.75) is 6.92 Å². The molecule has 1 aliphatic carbocycles. The standard InChI is InChI=1S/C18H13N/c1-14-12-17(15-8-4-2-5-9-15)19-18(13-14)16-10-6-3-7-11-16/h2-6,8-10,12-13H,1H3. The fourth-order valence-corrected chi connectivity index (χ4v) is 2.07. The number of benzene rings is 1. The zero-order chi connectivity index (χ0) is 13.1. The predicted octanol–water partition coefficient (Wildman–Crippen LogP) is 4.32. The molecule has 1 aliphatic rings. The molecule has 0 unspecified atom stereocenters. The SMILES string of the molecule is Cc1cc(C2=C=C=CC=C2)nc(-c2ccccc2)c1. The third-order valence-corrected chi connectivity index (χ3v) is 2.96. The molecule has 2 aromatic rings. The summed E-state index contributed by atoms with van der Waals surface area (Å²) in [5.74, 6) is 0. The van der Waals surface area contributed by atoms with Crippen LogP contribution in [0.15, 0.2) is 72.2 Å². The van der Waals surface area contributed by atoms with E-state index in [1.807, 2.05) is 36.4 Å². The summed E-state index contributed by atoms with van der Waals surface area (Å²) >= 11 is 0. The van der Waals surface area contributed by atoms with E-state index < -0.39 is 0 Å². The Morgan fingerprint density at radius 1 is 1.00 bits per heavy atom.